The van der Waals surface area contributed by atoms with Crippen molar-refractivity contribution in [1.29, 1.82) is 0 Å². The first kappa shape index (κ1) is 20.3. The molecule has 0 saturated carbocycles. The minimum absolute atomic E-state index is 0.168. The standard InChI is InChI=1S/C21H16ClNO6/c1-11(24)14-5-3-4-6-16(14)23-20(26)12(2)28-21(27)19-10-17(25)15-9-13(22)7-8-18(15)29-19/h3-10,12H,1-2H3,(H,23,26)/t12-/m0/s1. The maximum absolute atomic E-state index is 12.4. The van der Waals surface area contributed by atoms with E-state index in [1.807, 2.05) is 0 Å². The van der Waals surface area contributed by atoms with Crippen molar-refractivity contribution in [2.45, 2.75) is 20.0 Å². The van der Waals surface area contributed by atoms with E-state index in [9.17, 15) is 19.2 Å². The Morgan fingerprint density at radius 3 is 2.55 bits per heavy atom. The van der Waals surface area contributed by atoms with Gasteiger partial charge >= 0.3 is 5.97 Å². The number of Topliss-reactive ketones (excluding diaryl/α,β-unsaturated/α-hetero) is 1. The Kier molecular flexibility index (Phi) is 5.79. The van der Waals surface area contributed by atoms with E-state index in [2.05, 4.69) is 5.32 Å². The van der Waals surface area contributed by atoms with Gasteiger partial charge in [0.15, 0.2) is 17.3 Å². The Hall–Kier alpha value is -3.45. The van der Waals surface area contributed by atoms with Gasteiger partial charge in [-0.15, -0.1) is 0 Å². The fourth-order valence-electron chi connectivity index (χ4n) is 2.63. The zero-order chi connectivity index (χ0) is 21.1. The van der Waals surface area contributed by atoms with Gasteiger partial charge in [0.2, 0.25) is 5.76 Å². The number of carbonyl (C=O) groups is 3. The highest BCUT2D eigenvalue weighted by molar-refractivity contribution is 6.31. The molecule has 0 aliphatic heterocycles. The number of halogens is 1. The van der Waals surface area contributed by atoms with E-state index in [0.29, 0.717) is 16.3 Å². The number of amides is 1. The first-order valence-electron chi connectivity index (χ1n) is 8.61. The van der Waals surface area contributed by atoms with Gasteiger partial charge < -0.3 is 14.5 Å². The number of hydrogen-bond donors (Lipinski definition) is 1. The predicted molar refractivity (Wildman–Crippen MR) is 107 cm³/mol. The highest BCUT2D eigenvalue weighted by Crippen LogP contribution is 2.19. The molecule has 1 N–H and O–H groups in total. The van der Waals surface area contributed by atoms with Gasteiger partial charge in [-0.05, 0) is 44.2 Å². The topological polar surface area (TPSA) is 103 Å². The molecule has 1 atom stereocenters. The summed E-state index contributed by atoms with van der Waals surface area (Å²) >= 11 is 5.86. The molecule has 0 spiro atoms. The van der Waals surface area contributed by atoms with E-state index in [4.69, 9.17) is 20.8 Å². The number of benzene rings is 2. The molecule has 0 fully saturated rings. The van der Waals surface area contributed by atoms with Crippen molar-refractivity contribution in [2.75, 3.05) is 5.32 Å². The van der Waals surface area contributed by atoms with E-state index in [1.54, 1.807) is 24.3 Å². The average molecular weight is 414 g/mol. The Bertz CT molecular complexity index is 1180. The molecule has 0 bridgehead atoms. The summed E-state index contributed by atoms with van der Waals surface area (Å²) in [6.45, 7) is 2.74. The van der Waals surface area contributed by atoms with Gasteiger partial charge in [0.05, 0.1) is 11.1 Å². The molecule has 148 valence electrons. The molecular formula is C21H16ClNO6. The van der Waals surface area contributed by atoms with E-state index >= 15 is 0 Å². The second-order valence-electron chi connectivity index (χ2n) is 6.25. The third kappa shape index (κ3) is 4.52. The highest BCUT2D eigenvalue weighted by Gasteiger charge is 2.22. The highest BCUT2D eigenvalue weighted by atomic mass is 35.5. The van der Waals surface area contributed by atoms with Crippen LogP contribution in [-0.2, 0) is 9.53 Å². The number of ether oxygens (including phenoxy) is 1. The number of rotatable bonds is 5. The van der Waals surface area contributed by atoms with Crippen LogP contribution < -0.4 is 10.7 Å². The summed E-state index contributed by atoms with van der Waals surface area (Å²) < 4.78 is 10.5. The van der Waals surface area contributed by atoms with Crippen molar-refractivity contribution in [3.05, 3.63) is 75.1 Å². The molecule has 29 heavy (non-hydrogen) atoms. The van der Waals surface area contributed by atoms with Crippen LogP contribution in [-0.4, -0.2) is 23.8 Å². The molecule has 3 rings (SSSR count). The molecule has 0 saturated heterocycles. The third-order valence-corrected chi connectivity index (χ3v) is 4.34. The van der Waals surface area contributed by atoms with E-state index in [1.165, 1.54) is 32.0 Å². The number of para-hydroxylation sites is 1. The van der Waals surface area contributed by atoms with Crippen LogP contribution in [0.5, 0.6) is 0 Å². The van der Waals surface area contributed by atoms with E-state index in [0.717, 1.165) is 6.07 Å². The van der Waals surface area contributed by atoms with Crippen molar-refractivity contribution in [1.82, 2.24) is 0 Å². The van der Waals surface area contributed by atoms with Crippen LogP contribution in [0.25, 0.3) is 11.0 Å². The van der Waals surface area contributed by atoms with Crippen LogP contribution >= 0.6 is 11.6 Å². The maximum atomic E-state index is 12.4. The van der Waals surface area contributed by atoms with Crippen LogP contribution in [0.2, 0.25) is 5.02 Å². The van der Waals surface area contributed by atoms with Crippen molar-refractivity contribution in [2.24, 2.45) is 0 Å². The minimum atomic E-state index is -1.20. The second kappa shape index (κ2) is 8.28. The molecule has 0 unspecified atom stereocenters. The summed E-state index contributed by atoms with van der Waals surface area (Å²) in [7, 11) is 0. The van der Waals surface area contributed by atoms with Crippen molar-refractivity contribution in [3.8, 4) is 0 Å². The van der Waals surface area contributed by atoms with E-state index in [-0.39, 0.29) is 22.5 Å². The zero-order valence-corrected chi connectivity index (χ0v) is 16.3. The lowest BCUT2D eigenvalue weighted by Crippen LogP contribution is -2.30. The first-order chi connectivity index (χ1) is 13.8. The van der Waals surface area contributed by atoms with Gasteiger partial charge in [0, 0.05) is 16.7 Å². The van der Waals surface area contributed by atoms with Gasteiger partial charge in [-0.3, -0.25) is 14.4 Å². The lowest BCUT2D eigenvalue weighted by molar-refractivity contribution is -0.123. The third-order valence-electron chi connectivity index (χ3n) is 4.11. The molecule has 3 aromatic rings. The fraction of sp³-hybridized carbons (Fsp3) is 0.143. The molecule has 8 heteroatoms. The van der Waals surface area contributed by atoms with Crippen LogP contribution in [0.15, 0.2) is 57.7 Å². The number of anilines is 1. The monoisotopic (exact) mass is 413 g/mol. The van der Waals surface area contributed by atoms with Crippen molar-refractivity contribution >= 4 is 45.9 Å². The van der Waals surface area contributed by atoms with Gasteiger partial charge in [0.1, 0.15) is 5.58 Å². The Morgan fingerprint density at radius 1 is 1.10 bits per heavy atom. The summed E-state index contributed by atoms with van der Waals surface area (Å²) in [4.78, 5) is 48.5. The summed E-state index contributed by atoms with van der Waals surface area (Å²) in [5, 5.41) is 3.13. The van der Waals surface area contributed by atoms with Crippen LogP contribution in [0.1, 0.15) is 34.8 Å². The summed E-state index contributed by atoms with van der Waals surface area (Å²) in [6.07, 6.45) is -1.20. The Balaban J connectivity index is 1.76. The summed E-state index contributed by atoms with van der Waals surface area (Å²) in [5.74, 6) is -2.17. The smallest absolute Gasteiger partial charge is 0.375 e. The van der Waals surface area contributed by atoms with Crippen LogP contribution in [0.4, 0.5) is 5.69 Å². The first-order valence-corrected chi connectivity index (χ1v) is 8.99. The second-order valence-corrected chi connectivity index (χ2v) is 6.69. The van der Waals surface area contributed by atoms with Crippen molar-refractivity contribution < 1.29 is 23.5 Å². The Labute approximate surface area is 170 Å². The molecular weight excluding hydrogens is 398 g/mol. The minimum Gasteiger partial charge on any atom is -0.449 e. The molecule has 0 aliphatic rings. The number of nitrogens with one attached hydrogen (secondary N) is 1. The summed E-state index contributed by atoms with van der Waals surface area (Å²) in [5.41, 5.74) is 0.343. The maximum Gasteiger partial charge on any atom is 0.375 e. The molecule has 1 heterocycles. The average Bonchev–Trinajstić information content (AvgIpc) is 2.68. The van der Waals surface area contributed by atoms with Crippen LogP contribution in [0.3, 0.4) is 0 Å². The Morgan fingerprint density at radius 2 is 1.83 bits per heavy atom. The zero-order valence-electron chi connectivity index (χ0n) is 15.5. The van der Waals surface area contributed by atoms with Gasteiger partial charge in [-0.1, -0.05) is 23.7 Å². The molecule has 1 amide bonds. The molecule has 2 aromatic carbocycles. The number of fused-ring (bicyclic) bond motifs is 1. The van der Waals surface area contributed by atoms with E-state index < -0.39 is 23.4 Å². The largest absolute Gasteiger partial charge is 0.449 e. The van der Waals surface area contributed by atoms with Gasteiger partial charge in [-0.25, -0.2) is 4.79 Å². The number of carbonyl (C=O) groups excluding carboxylic acids is 3. The SMILES string of the molecule is CC(=O)c1ccccc1NC(=O)[C@H](C)OC(=O)c1cc(=O)c2cc(Cl)ccc2o1. The lowest BCUT2D eigenvalue weighted by atomic mass is 10.1. The fourth-order valence-corrected chi connectivity index (χ4v) is 2.81. The summed E-state index contributed by atoms with van der Waals surface area (Å²) in [6, 6.07) is 11.9. The van der Waals surface area contributed by atoms with Crippen molar-refractivity contribution in [3.63, 3.8) is 0 Å². The molecule has 0 radical (unpaired) electrons. The molecule has 7 nitrogen and oxygen atoms in total. The number of esters is 1. The normalized spacial score (nSPS) is 11.7. The van der Waals surface area contributed by atoms with Gasteiger partial charge in [-0.2, -0.15) is 0 Å². The molecule has 1 aromatic heterocycles. The molecule has 0 aliphatic carbocycles. The lowest BCUT2D eigenvalue weighted by Gasteiger charge is -2.14. The quantitative estimate of drug-likeness (QED) is 0.503. The van der Waals surface area contributed by atoms with Gasteiger partial charge in [0.25, 0.3) is 5.91 Å². The number of hydrogen-bond acceptors (Lipinski definition) is 6. The number of ketones is 1. The predicted octanol–water partition coefficient (Wildman–Crippen LogP) is 3.83. The van der Waals surface area contributed by atoms with Crippen LogP contribution in [0, 0.1) is 0 Å².